The third-order valence-electron chi connectivity index (χ3n) is 3.76. The maximum atomic E-state index is 5.24. The summed E-state index contributed by atoms with van der Waals surface area (Å²) in [5, 5.41) is 7.03. The smallest absolute Gasteiger partial charge is 0.137 e. The second-order valence-corrected chi connectivity index (χ2v) is 4.86. The van der Waals surface area contributed by atoms with Crippen LogP contribution in [0.1, 0.15) is 24.3 Å². The van der Waals surface area contributed by atoms with Crippen molar-refractivity contribution in [3.63, 3.8) is 0 Å². The van der Waals surface area contributed by atoms with E-state index < -0.39 is 0 Å². The van der Waals surface area contributed by atoms with Gasteiger partial charge in [-0.15, -0.1) is 0 Å². The number of nitrogens with zero attached hydrogens (tertiary/aromatic N) is 3. The molecule has 1 N–H and O–H groups in total. The van der Waals surface area contributed by atoms with Crippen molar-refractivity contribution in [2.45, 2.75) is 18.8 Å². The number of piperidine rings is 1. The maximum absolute atomic E-state index is 5.24. The summed E-state index contributed by atoms with van der Waals surface area (Å²) in [6.45, 7) is 2.09. The summed E-state index contributed by atoms with van der Waals surface area (Å²) in [7, 11) is 1.68. The minimum absolute atomic E-state index is 0.571. The lowest BCUT2D eigenvalue weighted by atomic mass is 9.90. The lowest BCUT2D eigenvalue weighted by Crippen LogP contribution is -2.33. The molecule has 1 aliphatic rings. The van der Waals surface area contributed by atoms with Crippen molar-refractivity contribution in [2.24, 2.45) is 0 Å². The van der Waals surface area contributed by atoms with Gasteiger partial charge < -0.3 is 9.64 Å². The van der Waals surface area contributed by atoms with E-state index >= 15 is 0 Å². The molecule has 0 atom stereocenters. The summed E-state index contributed by atoms with van der Waals surface area (Å²) in [5.74, 6) is 2.53. The van der Waals surface area contributed by atoms with E-state index in [1.807, 2.05) is 12.3 Å². The first-order valence-corrected chi connectivity index (χ1v) is 6.60. The molecule has 0 unspecified atom stereocenters. The Balaban J connectivity index is 1.66. The SMILES string of the molecule is COc1cncc(C2CCN(c3ccn[nH]3)CC2)c1. The number of hydrogen-bond donors (Lipinski definition) is 1. The van der Waals surface area contributed by atoms with E-state index in [2.05, 4.69) is 26.1 Å². The average Bonchev–Trinajstić information content (AvgIpc) is 3.02. The van der Waals surface area contributed by atoms with Gasteiger partial charge in [-0.05, 0) is 30.4 Å². The Labute approximate surface area is 112 Å². The van der Waals surface area contributed by atoms with E-state index in [4.69, 9.17) is 4.74 Å². The normalized spacial score (nSPS) is 16.6. The van der Waals surface area contributed by atoms with Crippen LogP contribution in [0.25, 0.3) is 0 Å². The van der Waals surface area contributed by atoms with Crippen LogP contribution in [0.2, 0.25) is 0 Å². The van der Waals surface area contributed by atoms with Gasteiger partial charge in [0.2, 0.25) is 0 Å². The van der Waals surface area contributed by atoms with Crippen molar-refractivity contribution in [2.75, 3.05) is 25.1 Å². The van der Waals surface area contributed by atoms with Gasteiger partial charge in [0.25, 0.3) is 0 Å². The Bertz CT molecular complexity index is 518. The molecule has 0 aliphatic carbocycles. The number of aromatic amines is 1. The molecule has 0 aromatic carbocycles. The number of hydrogen-bond acceptors (Lipinski definition) is 4. The van der Waals surface area contributed by atoms with Gasteiger partial charge in [0.15, 0.2) is 0 Å². The van der Waals surface area contributed by atoms with Crippen LogP contribution >= 0.6 is 0 Å². The molecule has 5 nitrogen and oxygen atoms in total. The fourth-order valence-corrected chi connectivity index (χ4v) is 2.65. The van der Waals surface area contributed by atoms with Crippen molar-refractivity contribution in [3.8, 4) is 5.75 Å². The fourth-order valence-electron chi connectivity index (χ4n) is 2.65. The standard InChI is InChI=1S/C14H18N4O/c1-19-13-8-12(9-15-10-13)11-3-6-18(7-4-11)14-2-5-16-17-14/h2,5,8-11H,3-4,6-7H2,1H3,(H,16,17). The van der Waals surface area contributed by atoms with Crippen LogP contribution in [0.5, 0.6) is 5.75 Å². The predicted molar refractivity (Wildman–Crippen MR) is 73.6 cm³/mol. The minimum Gasteiger partial charge on any atom is -0.495 e. The Hall–Kier alpha value is -2.04. The zero-order valence-electron chi connectivity index (χ0n) is 11.0. The molecule has 5 heteroatoms. The van der Waals surface area contributed by atoms with Crippen molar-refractivity contribution in [1.29, 1.82) is 0 Å². The molecule has 2 aromatic rings. The molecule has 0 spiro atoms. The second kappa shape index (κ2) is 5.30. The Morgan fingerprint density at radius 2 is 2.16 bits per heavy atom. The molecule has 0 amide bonds. The maximum Gasteiger partial charge on any atom is 0.137 e. The van der Waals surface area contributed by atoms with Gasteiger partial charge in [0.1, 0.15) is 11.6 Å². The van der Waals surface area contributed by atoms with E-state index in [0.29, 0.717) is 5.92 Å². The van der Waals surface area contributed by atoms with Gasteiger partial charge in [-0.3, -0.25) is 10.1 Å². The Morgan fingerprint density at radius 1 is 1.32 bits per heavy atom. The number of H-pyrrole nitrogens is 1. The lowest BCUT2D eigenvalue weighted by Gasteiger charge is -2.32. The number of pyridine rings is 1. The Kier molecular flexibility index (Phi) is 3.35. The highest BCUT2D eigenvalue weighted by Gasteiger charge is 2.21. The van der Waals surface area contributed by atoms with Crippen LogP contribution < -0.4 is 9.64 Å². The largest absolute Gasteiger partial charge is 0.495 e. The number of anilines is 1. The van der Waals surface area contributed by atoms with Crippen LogP contribution in [0, 0.1) is 0 Å². The van der Waals surface area contributed by atoms with Crippen LogP contribution in [-0.4, -0.2) is 35.4 Å². The molecule has 0 bridgehead atoms. The van der Waals surface area contributed by atoms with Crippen molar-refractivity contribution < 1.29 is 4.74 Å². The second-order valence-electron chi connectivity index (χ2n) is 4.86. The molecular formula is C14H18N4O. The molecule has 1 saturated heterocycles. The van der Waals surface area contributed by atoms with Gasteiger partial charge >= 0.3 is 0 Å². The van der Waals surface area contributed by atoms with Gasteiger partial charge in [-0.2, -0.15) is 5.10 Å². The van der Waals surface area contributed by atoms with Gasteiger partial charge in [0.05, 0.1) is 19.5 Å². The van der Waals surface area contributed by atoms with Crippen LogP contribution in [0.15, 0.2) is 30.7 Å². The van der Waals surface area contributed by atoms with Crippen molar-refractivity contribution in [1.82, 2.24) is 15.2 Å². The zero-order chi connectivity index (χ0) is 13.1. The van der Waals surface area contributed by atoms with E-state index in [1.54, 1.807) is 19.5 Å². The molecule has 3 heterocycles. The van der Waals surface area contributed by atoms with Crippen molar-refractivity contribution in [3.05, 3.63) is 36.3 Å². The van der Waals surface area contributed by atoms with Gasteiger partial charge in [-0.1, -0.05) is 0 Å². The average molecular weight is 258 g/mol. The number of rotatable bonds is 3. The minimum atomic E-state index is 0.571. The highest BCUT2D eigenvalue weighted by atomic mass is 16.5. The summed E-state index contributed by atoms with van der Waals surface area (Å²) in [6, 6.07) is 4.12. The number of ether oxygens (including phenoxy) is 1. The molecule has 3 rings (SSSR count). The summed E-state index contributed by atoms with van der Waals surface area (Å²) in [5.41, 5.74) is 1.28. The van der Waals surface area contributed by atoms with E-state index in [9.17, 15) is 0 Å². The third-order valence-corrected chi connectivity index (χ3v) is 3.76. The van der Waals surface area contributed by atoms with E-state index in [-0.39, 0.29) is 0 Å². The highest BCUT2D eigenvalue weighted by molar-refractivity contribution is 5.38. The molecule has 1 aliphatic heterocycles. The molecule has 0 radical (unpaired) electrons. The molecule has 1 fully saturated rings. The number of nitrogens with one attached hydrogen (secondary N) is 1. The van der Waals surface area contributed by atoms with Gasteiger partial charge in [-0.25, -0.2) is 0 Å². The number of methoxy groups -OCH3 is 1. The molecule has 19 heavy (non-hydrogen) atoms. The third kappa shape index (κ3) is 2.54. The first-order chi connectivity index (χ1) is 9.36. The Morgan fingerprint density at radius 3 is 2.84 bits per heavy atom. The van der Waals surface area contributed by atoms with Gasteiger partial charge in [0, 0.05) is 25.4 Å². The first-order valence-electron chi connectivity index (χ1n) is 6.60. The molecule has 100 valence electrons. The monoisotopic (exact) mass is 258 g/mol. The molecule has 2 aromatic heterocycles. The quantitative estimate of drug-likeness (QED) is 0.917. The van der Waals surface area contributed by atoms with E-state index in [0.717, 1.165) is 37.5 Å². The van der Waals surface area contributed by atoms with Crippen LogP contribution in [0.4, 0.5) is 5.82 Å². The predicted octanol–water partition coefficient (Wildman–Crippen LogP) is 2.20. The number of aromatic nitrogens is 3. The first kappa shape index (κ1) is 12.0. The summed E-state index contributed by atoms with van der Waals surface area (Å²) >= 11 is 0. The fraction of sp³-hybridized carbons (Fsp3) is 0.429. The van der Waals surface area contributed by atoms with E-state index in [1.165, 1.54) is 5.56 Å². The topological polar surface area (TPSA) is 54.0 Å². The van der Waals surface area contributed by atoms with Crippen LogP contribution in [0.3, 0.4) is 0 Å². The van der Waals surface area contributed by atoms with Crippen LogP contribution in [-0.2, 0) is 0 Å². The summed E-state index contributed by atoms with van der Waals surface area (Å²) < 4.78 is 5.24. The lowest BCUT2D eigenvalue weighted by molar-refractivity contribution is 0.410. The summed E-state index contributed by atoms with van der Waals surface area (Å²) in [4.78, 5) is 6.59. The molecular weight excluding hydrogens is 240 g/mol. The summed E-state index contributed by atoms with van der Waals surface area (Å²) in [6.07, 6.45) is 7.78. The zero-order valence-corrected chi connectivity index (χ0v) is 11.0. The molecule has 0 saturated carbocycles. The highest BCUT2D eigenvalue weighted by Crippen LogP contribution is 2.30. The van der Waals surface area contributed by atoms with Crippen molar-refractivity contribution >= 4 is 5.82 Å².